The van der Waals surface area contributed by atoms with Gasteiger partial charge in [-0.25, -0.2) is 4.98 Å². The van der Waals surface area contributed by atoms with Gasteiger partial charge < -0.3 is 9.47 Å². The van der Waals surface area contributed by atoms with Crippen molar-refractivity contribution in [1.29, 1.82) is 0 Å². The van der Waals surface area contributed by atoms with Crippen LogP contribution in [0.4, 0.5) is 0 Å². The molecule has 0 saturated carbocycles. The minimum Gasteiger partial charge on any atom is -0.496 e. The van der Waals surface area contributed by atoms with Gasteiger partial charge in [0.05, 0.1) is 12.7 Å². The predicted octanol–water partition coefficient (Wildman–Crippen LogP) is 4.15. The zero-order valence-corrected chi connectivity index (χ0v) is 13.3. The highest BCUT2D eigenvalue weighted by atomic mass is 16.5. The van der Waals surface area contributed by atoms with Crippen molar-refractivity contribution in [2.75, 3.05) is 7.11 Å². The third kappa shape index (κ3) is 3.60. The summed E-state index contributed by atoms with van der Waals surface area (Å²) in [6.07, 6.45) is 2.52. The lowest BCUT2D eigenvalue weighted by Crippen LogP contribution is -1.97. The van der Waals surface area contributed by atoms with Crippen LogP contribution in [0.2, 0.25) is 0 Å². The molecule has 0 aliphatic carbocycles. The van der Waals surface area contributed by atoms with Crippen LogP contribution >= 0.6 is 0 Å². The van der Waals surface area contributed by atoms with Gasteiger partial charge in [0.15, 0.2) is 6.29 Å². The van der Waals surface area contributed by atoms with Gasteiger partial charge in [-0.15, -0.1) is 0 Å². The van der Waals surface area contributed by atoms with Crippen LogP contribution in [-0.2, 0) is 6.61 Å². The normalized spacial score (nSPS) is 10.2. The van der Waals surface area contributed by atoms with Gasteiger partial charge in [0.2, 0.25) is 5.88 Å². The van der Waals surface area contributed by atoms with Gasteiger partial charge in [-0.3, -0.25) is 4.79 Å². The molecular formula is C20H17NO3. The summed E-state index contributed by atoms with van der Waals surface area (Å²) in [5, 5.41) is 0. The molecule has 3 aromatic rings. The first-order chi connectivity index (χ1) is 11.8. The minimum absolute atomic E-state index is 0.481. The average molecular weight is 319 g/mol. The quantitative estimate of drug-likeness (QED) is 0.640. The third-order valence-corrected chi connectivity index (χ3v) is 3.66. The van der Waals surface area contributed by atoms with E-state index in [4.69, 9.17) is 9.47 Å². The molecule has 1 heterocycles. The van der Waals surface area contributed by atoms with Crippen molar-refractivity contribution >= 4 is 6.29 Å². The van der Waals surface area contributed by atoms with Gasteiger partial charge >= 0.3 is 0 Å². The van der Waals surface area contributed by atoms with Crippen LogP contribution in [0.3, 0.4) is 0 Å². The number of hydrogen-bond donors (Lipinski definition) is 0. The summed E-state index contributed by atoms with van der Waals surface area (Å²) in [5.41, 5.74) is 3.48. The molecule has 0 fully saturated rings. The number of aldehydes is 1. The highest BCUT2D eigenvalue weighted by Gasteiger charge is 2.06. The van der Waals surface area contributed by atoms with Gasteiger partial charge in [-0.2, -0.15) is 0 Å². The number of nitrogens with zero attached hydrogens (tertiary/aromatic N) is 1. The SMILES string of the molecule is COc1cc(-c2ccc(OCc3ccccc3)nc2)ccc1C=O. The van der Waals surface area contributed by atoms with E-state index in [2.05, 4.69) is 4.98 Å². The molecule has 0 aliphatic heterocycles. The van der Waals surface area contributed by atoms with Crippen LogP contribution in [0, 0.1) is 0 Å². The van der Waals surface area contributed by atoms with Crippen LogP contribution < -0.4 is 9.47 Å². The average Bonchev–Trinajstić information content (AvgIpc) is 2.67. The number of ether oxygens (including phenoxy) is 2. The Hall–Kier alpha value is -3.14. The second-order valence-corrected chi connectivity index (χ2v) is 5.23. The molecule has 3 rings (SSSR count). The van der Waals surface area contributed by atoms with E-state index >= 15 is 0 Å². The zero-order chi connectivity index (χ0) is 16.8. The van der Waals surface area contributed by atoms with Gasteiger partial charge in [0, 0.05) is 17.8 Å². The Labute approximate surface area is 140 Å². The lowest BCUT2D eigenvalue weighted by molar-refractivity contribution is 0.112. The molecule has 1 aromatic heterocycles. The number of benzene rings is 2. The van der Waals surface area contributed by atoms with Gasteiger partial charge in [-0.05, 0) is 29.3 Å². The first kappa shape index (κ1) is 15.7. The number of carbonyl (C=O) groups is 1. The molecule has 120 valence electrons. The molecule has 0 atom stereocenters. The molecule has 24 heavy (non-hydrogen) atoms. The standard InChI is InChI=1S/C20H17NO3/c1-23-19-11-16(7-8-18(19)13-22)17-9-10-20(21-12-17)24-14-15-5-3-2-4-6-15/h2-13H,14H2,1H3. The van der Waals surface area contributed by atoms with Crippen molar-refractivity contribution in [2.45, 2.75) is 6.61 Å². The topological polar surface area (TPSA) is 48.4 Å². The maximum atomic E-state index is 11.0. The minimum atomic E-state index is 0.481. The first-order valence-electron chi connectivity index (χ1n) is 7.56. The van der Waals surface area contributed by atoms with Crippen molar-refractivity contribution in [3.63, 3.8) is 0 Å². The molecule has 0 spiro atoms. The Bertz CT molecular complexity index is 814. The van der Waals surface area contributed by atoms with E-state index in [0.717, 1.165) is 23.0 Å². The smallest absolute Gasteiger partial charge is 0.213 e. The van der Waals surface area contributed by atoms with Gasteiger partial charge in [0.1, 0.15) is 12.4 Å². The zero-order valence-electron chi connectivity index (χ0n) is 13.3. The summed E-state index contributed by atoms with van der Waals surface area (Å²) in [6, 6.07) is 19.1. The molecule has 0 saturated heterocycles. The second kappa shape index (κ2) is 7.42. The molecule has 4 heteroatoms. The van der Waals surface area contributed by atoms with Crippen LogP contribution in [0.25, 0.3) is 11.1 Å². The Morgan fingerprint density at radius 3 is 2.46 bits per heavy atom. The van der Waals surface area contributed by atoms with E-state index < -0.39 is 0 Å². The van der Waals surface area contributed by atoms with Crippen molar-refractivity contribution in [3.05, 3.63) is 78.0 Å². The fourth-order valence-corrected chi connectivity index (χ4v) is 2.36. The molecule has 0 N–H and O–H groups in total. The number of carbonyl (C=O) groups excluding carboxylic acids is 1. The van der Waals surface area contributed by atoms with Crippen LogP contribution in [0.1, 0.15) is 15.9 Å². The van der Waals surface area contributed by atoms with E-state index in [0.29, 0.717) is 23.8 Å². The molecule has 0 unspecified atom stereocenters. The largest absolute Gasteiger partial charge is 0.496 e. The number of pyridine rings is 1. The van der Waals surface area contributed by atoms with E-state index in [9.17, 15) is 4.79 Å². The Morgan fingerprint density at radius 1 is 1.00 bits per heavy atom. The van der Waals surface area contributed by atoms with Crippen molar-refractivity contribution in [1.82, 2.24) is 4.98 Å². The maximum absolute atomic E-state index is 11.0. The third-order valence-electron chi connectivity index (χ3n) is 3.66. The molecule has 4 nitrogen and oxygen atoms in total. The number of rotatable bonds is 6. The molecular weight excluding hydrogens is 302 g/mol. The summed E-state index contributed by atoms with van der Waals surface area (Å²) in [7, 11) is 1.55. The van der Waals surface area contributed by atoms with Gasteiger partial charge in [-0.1, -0.05) is 36.4 Å². The second-order valence-electron chi connectivity index (χ2n) is 5.23. The molecule has 0 bridgehead atoms. The summed E-state index contributed by atoms with van der Waals surface area (Å²) < 4.78 is 10.9. The first-order valence-corrected chi connectivity index (χ1v) is 7.56. The monoisotopic (exact) mass is 319 g/mol. The molecule has 0 aliphatic rings. The van der Waals surface area contributed by atoms with E-state index in [1.54, 1.807) is 19.4 Å². The lowest BCUT2D eigenvalue weighted by Gasteiger charge is -2.08. The molecule has 0 radical (unpaired) electrons. The fourth-order valence-electron chi connectivity index (χ4n) is 2.36. The molecule has 2 aromatic carbocycles. The van der Waals surface area contributed by atoms with Crippen molar-refractivity contribution in [3.8, 4) is 22.8 Å². The fraction of sp³-hybridized carbons (Fsp3) is 0.100. The van der Waals surface area contributed by atoms with Crippen LogP contribution in [0.15, 0.2) is 66.9 Å². The summed E-state index contributed by atoms with van der Waals surface area (Å²) in [5.74, 6) is 1.12. The summed E-state index contributed by atoms with van der Waals surface area (Å²) in [4.78, 5) is 15.3. The highest BCUT2D eigenvalue weighted by Crippen LogP contribution is 2.27. The lowest BCUT2D eigenvalue weighted by atomic mass is 10.1. The Balaban J connectivity index is 1.73. The highest BCUT2D eigenvalue weighted by molar-refractivity contribution is 5.81. The maximum Gasteiger partial charge on any atom is 0.213 e. The Kier molecular flexibility index (Phi) is 4.87. The number of aromatic nitrogens is 1. The summed E-state index contributed by atoms with van der Waals surface area (Å²) >= 11 is 0. The molecule has 0 amide bonds. The number of hydrogen-bond acceptors (Lipinski definition) is 4. The Morgan fingerprint density at radius 2 is 1.79 bits per heavy atom. The van der Waals surface area contributed by atoms with Crippen LogP contribution in [-0.4, -0.2) is 18.4 Å². The van der Waals surface area contributed by atoms with Crippen molar-refractivity contribution < 1.29 is 14.3 Å². The van der Waals surface area contributed by atoms with Crippen molar-refractivity contribution in [2.24, 2.45) is 0 Å². The number of methoxy groups -OCH3 is 1. The van der Waals surface area contributed by atoms with E-state index in [-0.39, 0.29) is 0 Å². The van der Waals surface area contributed by atoms with E-state index in [1.165, 1.54) is 0 Å². The summed E-state index contributed by atoms with van der Waals surface area (Å²) in [6.45, 7) is 0.481. The van der Waals surface area contributed by atoms with Crippen LogP contribution in [0.5, 0.6) is 11.6 Å². The van der Waals surface area contributed by atoms with E-state index in [1.807, 2.05) is 54.6 Å². The van der Waals surface area contributed by atoms with Gasteiger partial charge in [0.25, 0.3) is 0 Å². The predicted molar refractivity (Wildman–Crippen MR) is 92.4 cm³/mol.